The molecule has 0 unspecified atom stereocenters. The summed E-state index contributed by atoms with van der Waals surface area (Å²) in [4.78, 5) is 11.8. The van der Waals surface area contributed by atoms with Crippen molar-refractivity contribution in [3.8, 4) is 5.75 Å². The smallest absolute Gasteiger partial charge is 0.225 e. The van der Waals surface area contributed by atoms with Crippen molar-refractivity contribution in [1.29, 1.82) is 0 Å². The first kappa shape index (κ1) is 15.7. The van der Waals surface area contributed by atoms with Crippen molar-refractivity contribution in [1.82, 2.24) is 0 Å². The zero-order valence-corrected chi connectivity index (χ0v) is 12.5. The summed E-state index contributed by atoms with van der Waals surface area (Å²) in [6.07, 6.45) is 0.505. The van der Waals surface area contributed by atoms with Crippen molar-refractivity contribution in [2.45, 2.75) is 20.3 Å². The molecular formula is C14H22N2O2S. The lowest BCUT2D eigenvalue weighted by Crippen LogP contribution is -2.13. The zero-order valence-electron chi connectivity index (χ0n) is 11.7. The molecule has 0 fully saturated rings. The highest BCUT2D eigenvalue weighted by Crippen LogP contribution is 2.26. The number of benzene rings is 1. The molecule has 0 saturated heterocycles. The molecule has 0 spiro atoms. The molecule has 0 radical (unpaired) electrons. The summed E-state index contributed by atoms with van der Waals surface area (Å²) >= 11 is 1.80. The summed E-state index contributed by atoms with van der Waals surface area (Å²) in [5.41, 5.74) is 6.94. The number of hydrogen-bond acceptors (Lipinski definition) is 4. The van der Waals surface area contributed by atoms with Crippen LogP contribution in [0.1, 0.15) is 20.3 Å². The lowest BCUT2D eigenvalue weighted by Gasteiger charge is -2.11. The monoisotopic (exact) mass is 282 g/mol. The molecule has 0 saturated carbocycles. The van der Waals surface area contributed by atoms with Gasteiger partial charge in [0, 0.05) is 23.9 Å². The van der Waals surface area contributed by atoms with Crippen LogP contribution in [0.3, 0.4) is 0 Å². The van der Waals surface area contributed by atoms with Crippen molar-refractivity contribution >= 4 is 29.0 Å². The van der Waals surface area contributed by atoms with Crippen molar-refractivity contribution in [3.63, 3.8) is 0 Å². The Morgan fingerprint density at radius 3 is 2.84 bits per heavy atom. The van der Waals surface area contributed by atoms with E-state index in [1.807, 2.05) is 0 Å². The van der Waals surface area contributed by atoms with Crippen LogP contribution in [-0.2, 0) is 4.79 Å². The fraction of sp³-hybridized carbons (Fsp3) is 0.500. The SMILES string of the molecule is COc1cc(N)ccc1NC(=O)CCSCC(C)C. The van der Waals surface area contributed by atoms with Crippen LogP contribution in [0.4, 0.5) is 11.4 Å². The molecule has 19 heavy (non-hydrogen) atoms. The van der Waals surface area contributed by atoms with E-state index in [-0.39, 0.29) is 5.91 Å². The third-order valence-corrected chi connectivity index (χ3v) is 3.82. The van der Waals surface area contributed by atoms with Crippen LogP contribution >= 0.6 is 11.8 Å². The summed E-state index contributed by atoms with van der Waals surface area (Å²) in [6, 6.07) is 5.20. The molecule has 0 aromatic heterocycles. The number of methoxy groups -OCH3 is 1. The molecule has 1 aromatic carbocycles. The Labute approximate surface area is 119 Å². The number of thioether (sulfide) groups is 1. The normalized spacial score (nSPS) is 10.5. The first-order chi connectivity index (χ1) is 9.02. The van der Waals surface area contributed by atoms with Crippen LogP contribution in [0.25, 0.3) is 0 Å². The van der Waals surface area contributed by atoms with Crippen LogP contribution in [0.15, 0.2) is 18.2 Å². The van der Waals surface area contributed by atoms with Crippen molar-refractivity contribution in [2.75, 3.05) is 29.7 Å². The van der Waals surface area contributed by atoms with Gasteiger partial charge in [0.1, 0.15) is 5.75 Å². The number of carbonyl (C=O) groups is 1. The number of nitrogen functional groups attached to an aromatic ring is 1. The van der Waals surface area contributed by atoms with Crippen LogP contribution in [0, 0.1) is 5.92 Å². The van der Waals surface area contributed by atoms with Crippen molar-refractivity contribution < 1.29 is 9.53 Å². The Morgan fingerprint density at radius 1 is 1.47 bits per heavy atom. The lowest BCUT2D eigenvalue weighted by atomic mass is 10.2. The molecule has 0 heterocycles. The van der Waals surface area contributed by atoms with Gasteiger partial charge in [-0.15, -0.1) is 0 Å². The van der Waals surface area contributed by atoms with Gasteiger partial charge in [0.05, 0.1) is 12.8 Å². The van der Waals surface area contributed by atoms with Gasteiger partial charge in [-0.05, 0) is 23.8 Å². The molecular weight excluding hydrogens is 260 g/mol. The van der Waals surface area contributed by atoms with Crippen molar-refractivity contribution in [3.05, 3.63) is 18.2 Å². The van der Waals surface area contributed by atoms with E-state index < -0.39 is 0 Å². The number of amides is 1. The van der Waals surface area contributed by atoms with Crippen LogP contribution < -0.4 is 15.8 Å². The van der Waals surface area contributed by atoms with Crippen molar-refractivity contribution in [2.24, 2.45) is 5.92 Å². The maximum atomic E-state index is 11.8. The summed E-state index contributed by atoms with van der Waals surface area (Å²) in [6.45, 7) is 4.35. The number of rotatable bonds is 7. The van der Waals surface area contributed by atoms with E-state index in [1.54, 1.807) is 37.1 Å². The highest BCUT2D eigenvalue weighted by atomic mass is 32.2. The van der Waals surface area contributed by atoms with Gasteiger partial charge in [-0.25, -0.2) is 0 Å². The minimum atomic E-state index is -0.000623. The Morgan fingerprint density at radius 2 is 2.21 bits per heavy atom. The minimum absolute atomic E-state index is 0.000623. The molecule has 0 aliphatic carbocycles. The van der Waals surface area contributed by atoms with Crippen LogP contribution in [0.2, 0.25) is 0 Å². The van der Waals surface area contributed by atoms with Gasteiger partial charge in [0.25, 0.3) is 0 Å². The molecule has 3 N–H and O–H groups in total. The summed E-state index contributed by atoms with van der Waals surface area (Å²) in [7, 11) is 1.56. The number of hydrogen-bond donors (Lipinski definition) is 2. The predicted octanol–water partition coefficient (Wildman–Crippen LogP) is 3.00. The number of anilines is 2. The second-order valence-electron chi connectivity index (χ2n) is 4.73. The molecule has 4 nitrogen and oxygen atoms in total. The first-order valence-electron chi connectivity index (χ1n) is 6.34. The van der Waals surface area contributed by atoms with E-state index in [1.165, 1.54) is 0 Å². The number of nitrogens with two attached hydrogens (primary N) is 1. The van der Waals surface area contributed by atoms with Gasteiger partial charge in [-0.3, -0.25) is 4.79 Å². The molecule has 0 atom stereocenters. The average molecular weight is 282 g/mol. The number of carbonyl (C=O) groups excluding carboxylic acids is 1. The molecule has 5 heteroatoms. The Bertz CT molecular complexity index is 422. The average Bonchev–Trinajstić information content (AvgIpc) is 2.36. The quantitative estimate of drug-likeness (QED) is 0.596. The highest BCUT2D eigenvalue weighted by molar-refractivity contribution is 7.99. The van der Waals surface area contributed by atoms with Crippen LogP contribution in [-0.4, -0.2) is 24.5 Å². The summed E-state index contributed by atoms with van der Waals surface area (Å²) < 4.78 is 5.18. The maximum absolute atomic E-state index is 11.8. The Hall–Kier alpha value is -1.36. The second kappa shape index (κ2) is 7.94. The Kier molecular flexibility index (Phi) is 6.56. The number of ether oxygens (including phenoxy) is 1. The largest absolute Gasteiger partial charge is 0.494 e. The molecule has 0 aliphatic rings. The van der Waals surface area contributed by atoms with Gasteiger partial charge >= 0.3 is 0 Å². The van der Waals surface area contributed by atoms with Gasteiger partial charge in [-0.1, -0.05) is 13.8 Å². The molecule has 1 aromatic rings. The van der Waals surface area contributed by atoms with Crippen LogP contribution in [0.5, 0.6) is 5.75 Å². The minimum Gasteiger partial charge on any atom is -0.494 e. The van der Waals surface area contributed by atoms with Gasteiger partial charge in [0.15, 0.2) is 0 Å². The van der Waals surface area contributed by atoms with E-state index in [0.717, 1.165) is 11.5 Å². The highest BCUT2D eigenvalue weighted by Gasteiger charge is 2.08. The fourth-order valence-electron chi connectivity index (χ4n) is 1.51. The van der Waals surface area contributed by atoms with E-state index >= 15 is 0 Å². The molecule has 1 amide bonds. The predicted molar refractivity (Wildman–Crippen MR) is 82.8 cm³/mol. The fourth-order valence-corrected chi connectivity index (χ4v) is 2.48. The second-order valence-corrected chi connectivity index (χ2v) is 5.88. The van der Waals surface area contributed by atoms with E-state index in [9.17, 15) is 4.79 Å². The summed E-state index contributed by atoms with van der Waals surface area (Å²) in [5, 5.41) is 2.84. The van der Waals surface area contributed by atoms with E-state index in [4.69, 9.17) is 10.5 Å². The third kappa shape index (κ3) is 5.87. The lowest BCUT2D eigenvalue weighted by molar-refractivity contribution is -0.115. The van der Waals surface area contributed by atoms with E-state index in [0.29, 0.717) is 29.5 Å². The van der Waals surface area contributed by atoms with Gasteiger partial charge < -0.3 is 15.8 Å². The van der Waals surface area contributed by atoms with E-state index in [2.05, 4.69) is 19.2 Å². The summed E-state index contributed by atoms with van der Waals surface area (Å²) in [5.74, 6) is 3.16. The zero-order chi connectivity index (χ0) is 14.3. The molecule has 106 valence electrons. The first-order valence-corrected chi connectivity index (χ1v) is 7.49. The standard InChI is InChI=1S/C14H22N2O2S/c1-10(2)9-19-7-6-14(17)16-12-5-4-11(15)8-13(12)18-3/h4-5,8,10H,6-7,9,15H2,1-3H3,(H,16,17). The number of nitrogens with one attached hydrogen (secondary N) is 1. The van der Waals surface area contributed by atoms with Gasteiger partial charge in [-0.2, -0.15) is 11.8 Å². The topological polar surface area (TPSA) is 64.3 Å². The third-order valence-electron chi connectivity index (χ3n) is 2.42. The molecule has 0 aliphatic heterocycles. The Balaban J connectivity index is 2.44. The van der Waals surface area contributed by atoms with Gasteiger partial charge in [0.2, 0.25) is 5.91 Å². The molecule has 0 bridgehead atoms. The maximum Gasteiger partial charge on any atom is 0.225 e. The molecule has 1 rings (SSSR count).